The van der Waals surface area contributed by atoms with Crippen LogP contribution < -0.4 is 16.0 Å². The van der Waals surface area contributed by atoms with Gasteiger partial charge < -0.3 is 16.0 Å². The molecule has 0 saturated carbocycles. The van der Waals surface area contributed by atoms with Crippen LogP contribution in [0.15, 0.2) is 16.9 Å². The van der Waals surface area contributed by atoms with E-state index in [-0.39, 0.29) is 12.5 Å². The molecule has 88 valence electrons. The first kappa shape index (κ1) is 12.8. The fraction of sp³-hybridized carbons (Fsp3) is 0.400. The first-order valence-electron chi connectivity index (χ1n) is 4.93. The largest absolute Gasteiger partial charge is 0.396 e. The molecule has 0 saturated heterocycles. The number of nitrogen functional groups attached to an aromatic ring is 1. The highest BCUT2D eigenvalue weighted by molar-refractivity contribution is 9.10. The monoisotopic (exact) mass is 286 g/mol. The van der Waals surface area contributed by atoms with Crippen LogP contribution in [0, 0.1) is 0 Å². The summed E-state index contributed by atoms with van der Waals surface area (Å²) in [5, 5.41) is 2.73. The summed E-state index contributed by atoms with van der Waals surface area (Å²) in [6, 6.07) is 0. The lowest BCUT2D eigenvalue weighted by molar-refractivity contribution is -0.119. The van der Waals surface area contributed by atoms with Crippen molar-refractivity contribution in [2.75, 3.05) is 30.8 Å². The normalized spacial score (nSPS) is 9.94. The Morgan fingerprint density at radius 1 is 1.62 bits per heavy atom. The molecule has 16 heavy (non-hydrogen) atoms. The molecule has 0 aliphatic carbocycles. The molecular weight excluding hydrogens is 272 g/mol. The highest BCUT2D eigenvalue weighted by Gasteiger charge is 2.12. The van der Waals surface area contributed by atoms with Crippen LogP contribution in [0.25, 0.3) is 0 Å². The van der Waals surface area contributed by atoms with Gasteiger partial charge in [0.1, 0.15) is 0 Å². The minimum absolute atomic E-state index is 0.0342. The number of aromatic nitrogens is 1. The molecule has 5 nitrogen and oxygen atoms in total. The fourth-order valence-electron chi connectivity index (χ4n) is 1.39. The molecule has 0 atom stereocenters. The lowest BCUT2D eigenvalue weighted by atomic mass is 10.3. The van der Waals surface area contributed by atoms with E-state index in [1.165, 1.54) is 0 Å². The van der Waals surface area contributed by atoms with Crippen molar-refractivity contribution >= 4 is 33.2 Å². The number of nitrogens with zero attached hydrogens (tertiary/aromatic N) is 2. The zero-order valence-electron chi connectivity index (χ0n) is 9.33. The van der Waals surface area contributed by atoms with Crippen molar-refractivity contribution in [1.82, 2.24) is 10.3 Å². The molecule has 0 unspecified atom stereocenters. The van der Waals surface area contributed by atoms with Crippen LogP contribution >= 0.6 is 15.9 Å². The van der Waals surface area contributed by atoms with Crippen LogP contribution in [0.1, 0.15) is 6.92 Å². The third kappa shape index (κ3) is 3.10. The Morgan fingerprint density at radius 3 is 2.88 bits per heavy atom. The number of hydrogen-bond donors (Lipinski definition) is 2. The Labute approximate surface area is 103 Å². The molecule has 3 N–H and O–H groups in total. The zero-order chi connectivity index (χ0) is 12.1. The maximum absolute atomic E-state index is 11.4. The van der Waals surface area contributed by atoms with Crippen LogP contribution in [0.5, 0.6) is 0 Å². The van der Waals surface area contributed by atoms with E-state index >= 15 is 0 Å². The topological polar surface area (TPSA) is 71.2 Å². The molecule has 0 aliphatic rings. The number of nitrogens with one attached hydrogen (secondary N) is 1. The van der Waals surface area contributed by atoms with Gasteiger partial charge in [0.05, 0.1) is 28.6 Å². The molecule has 0 spiro atoms. The van der Waals surface area contributed by atoms with Crippen LogP contribution in [-0.2, 0) is 4.79 Å². The molecule has 1 aromatic rings. The van der Waals surface area contributed by atoms with Gasteiger partial charge in [0.15, 0.2) is 0 Å². The van der Waals surface area contributed by atoms with Gasteiger partial charge in [-0.1, -0.05) is 0 Å². The molecule has 1 amide bonds. The van der Waals surface area contributed by atoms with Crippen molar-refractivity contribution in [2.24, 2.45) is 0 Å². The van der Waals surface area contributed by atoms with Crippen LogP contribution in [-0.4, -0.2) is 31.0 Å². The maximum atomic E-state index is 11.4. The first-order chi connectivity index (χ1) is 7.56. The standard InChI is InChI=1S/C10H15BrN4O/c1-3-14-9(16)6-15(2)10-7(11)4-13-5-8(10)12/h4-5H,3,6,12H2,1-2H3,(H,14,16). The van der Waals surface area contributed by atoms with Gasteiger partial charge in [-0.15, -0.1) is 0 Å². The number of carbonyl (C=O) groups excluding carboxylic acids is 1. The molecular formula is C10H15BrN4O. The highest BCUT2D eigenvalue weighted by Crippen LogP contribution is 2.29. The van der Waals surface area contributed by atoms with Gasteiger partial charge in [-0.05, 0) is 22.9 Å². The van der Waals surface area contributed by atoms with Gasteiger partial charge in [0.2, 0.25) is 5.91 Å². The maximum Gasteiger partial charge on any atom is 0.239 e. The molecule has 0 aromatic carbocycles. The molecule has 1 aromatic heterocycles. The zero-order valence-corrected chi connectivity index (χ0v) is 10.9. The quantitative estimate of drug-likeness (QED) is 0.866. The second-order valence-electron chi connectivity index (χ2n) is 3.37. The van der Waals surface area contributed by atoms with Crippen molar-refractivity contribution in [2.45, 2.75) is 6.92 Å². The molecule has 0 bridgehead atoms. The average Bonchev–Trinajstić information content (AvgIpc) is 2.17. The molecule has 6 heteroatoms. The van der Waals surface area contributed by atoms with Crippen LogP contribution in [0.3, 0.4) is 0 Å². The van der Waals surface area contributed by atoms with E-state index in [9.17, 15) is 4.79 Å². The summed E-state index contributed by atoms with van der Waals surface area (Å²) in [7, 11) is 1.81. The van der Waals surface area contributed by atoms with E-state index in [1.54, 1.807) is 17.3 Å². The molecule has 0 fully saturated rings. The van der Waals surface area contributed by atoms with Crippen molar-refractivity contribution in [1.29, 1.82) is 0 Å². The van der Waals surface area contributed by atoms with E-state index in [0.29, 0.717) is 12.2 Å². The SMILES string of the molecule is CCNC(=O)CN(C)c1c(N)cncc1Br. The number of pyridine rings is 1. The van der Waals surface area contributed by atoms with Gasteiger partial charge in [-0.25, -0.2) is 0 Å². The third-order valence-electron chi connectivity index (χ3n) is 2.04. The average molecular weight is 287 g/mol. The fourth-order valence-corrected chi connectivity index (χ4v) is 2.04. The van der Waals surface area contributed by atoms with Gasteiger partial charge in [-0.2, -0.15) is 0 Å². The highest BCUT2D eigenvalue weighted by atomic mass is 79.9. The summed E-state index contributed by atoms with van der Waals surface area (Å²) in [4.78, 5) is 17.2. The first-order valence-corrected chi connectivity index (χ1v) is 5.72. The summed E-state index contributed by atoms with van der Waals surface area (Å²) in [5.74, 6) is -0.0342. The number of hydrogen-bond acceptors (Lipinski definition) is 4. The lowest BCUT2D eigenvalue weighted by Gasteiger charge is -2.21. The number of carbonyl (C=O) groups is 1. The Balaban J connectivity index is 2.80. The minimum atomic E-state index is -0.0342. The van der Waals surface area contributed by atoms with Gasteiger partial charge >= 0.3 is 0 Å². The second kappa shape index (κ2) is 5.69. The van der Waals surface area contributed by atoms with E-state index in [2.05, 4.69) is 26.2 Å². The van der Waals surface area contributed by atoms with E-state index in [0.717, 1.165) is 10.2 Å². The minimum Gasteiger partial charge on any atom is -0.396 e. The van der Waals surface area contributed by atoms with Crippen LogP contribution in [0.4, 0.5) is 11.4 Å². The van der Waals surface area contributed by atoms with E-state index in [1.807, 2.05) is 14.0 Å². The summed E-state index contributed by atoms with van der Waals surface area (Å²) < 4.78 is 0.777. The third-order valence-corrected chi connectivity index (χ3v) is 2.62. The number of halogens is 1. The number of anilines is 2. The Hall–Kier alpha value is -1.30. The van der Waals surface area contributed by atoms with Gasteiger partial charge in [-0.3, -0.25) is 9.78 Å². The molecule has 1 heterocycles. The summed E-state index contributed by atoms with van der Waals surface area (Å²) >= 11 is 3.36. The summed E-state index contributed by atoms with van der Waals surface area (Å²) in [6.07, 6.45) is 3.22. The predicted octanol–water partition coefficient (Wildman–Crippen LogP) is 0.999. The van der Waals surface area contributed by atoms with Crippen molar-refractivity contribution in [3.05, 3.63) is 16.9 Å². The van der Waals surface area contributed by atoms with E-state index in [4.69, 9.17) is 5.73 Å². The smallest absolute Gasteiger partial charge is 0.239 e. The lowest BCUT2D eigenvalue weighted by Crippen LogP contribution is -2.35. The Morgan fingerprint density at radius 2 is 2.31 bits per heavy atom. The van der Waals surface area contributed by atoms with Crippen molar-refractivity contribution in [3.8, 4) is 0 Å². The molecule has 0 aliphatic heterocycles. The number of likely N-dealkylation sites (N-methyl/N-ethyl adjacent to an activating group) is 2. The van der Waals surface area contributed by atoms with Gasteiger partial charge in [0.25, 0.3) is 0 Å². The van der Waals surface area contributed by atoms with Crippen molar-refractivity contribution in [3.63, 3.8) is 0 Å². The predicted molar refractivity (Wildman–Crippen MR) is 68.3 cm³/mol. The van der Waals surface area contributed by atoms with Crippen molar-refractivity contribution < 1.29 is 4.79 Å². The Kier molecular flexibility index (Phi) is 4.54. The Bertz CT molecular complexity index is 363. The number of nitrogens with two attached hydrogens (primary N) is 1. The van der Waals surface area contributed by atoms with Crippen LogP contribution in [0.2, 0.25) is 0 Å². The van der Waals surface area contributed by atoms with Gasteiger partial charge in [0, 0.05) is 19.8 Å². The molecule has 0 radical (unpaired) electrons. The number of amides is 1. The summed E-state index contributed by atoms with van der Waals surface area (Å²) in [5.41, 5.74) is 7.13. The number of rotatable bonds is 4. The second-order valence-corrected chi connectivity index (χ2v) is 4.22. The summed E-state index contributed by atoms with van der Waals surface area (Å²) in [6.45, 7) is 2.77. The van der Waals surface area contributed by atoms with E-state index < -0.39 is 0 Å². The molecule has 1 rings (SSSR count).